The van der Waals surface area contributed by atoms with Crippen molar-refractivity contribution in [3.8, 4) is 22.8 Å². The number of rotatable bonds is 3. The standard InChI is InChI=1S/C20H19FN2O3/c1-9-6-7-15(21)14(8-9)19-22-18(23-26-19)16-11(3)10(2)12(4)17(13(16)5)20(24)25/h6-8H,1-5H3,(H,24,25). The maximum Gasteiger partial charge on any atom is 0.336 e. The van der Waals surface area contributed by atoms with Crippen molar-refractivity contribution in [3.05, 3.63) is 57.4 Å². The normalized spacial score (nSPS) is 11.0. The second-order valence-electron chi connectivity index (χ2n) is 6.46. The molecule has 0 saturated heterocycles. The van der Waals surface area contributed by atoms with Gasteiger partial charge in [0.2, 0.25) is 5.82 Å². The van der Waals surface area contributed by atoms with Crippen molar-refractivity contribution in [1.82, 2.24) is 10.1 Å². The molecule has 5 nitrogen and oxygen atoms in total. The predicted molar refractivity (Wildman–Crippen MR) is 95.8 cm³/mol. The predicted octanol–water partition coefficient (Wildman–Crippen LogP) is 4.78. The molecule has 0 fully saturated rings. The molecule has 0 aliphatic rings. The minimum absolute atomic E-state index is 0.0649. The van der Waals surface area contributed by atoms with E-state index in [2.05, 4.69) is 10.1 Å². The lowest BCUT2D eigenvalue weighted by atomic mass is 9.88. The summed E-state index contributed by atoms with van der Waals surface area (Å²) in [6.07, 6.45) is 0. The molecule has 0 aliphatic carbocycles. The summed E-state index contributed by atoms with van der Waals surface area (Å²) in [5.74, 6) is -1.14. The van der Waals surface area contributed by atoms with Gasteiger partial charge in [-0.2, -0.15) is 4.98 Å². The van der Waals surface area contributed by atoms with Crippen molar-refractivity contribution < 1.29 is 18.8 Å². The third-order valence-electron chi connectivity index (χ3n) is 4.84. The Morgan fingerprint density at radius 2 is 1.73 bits per heavy atom. The van der Waals surface area contributed by atoms with E-state index in [-0.39, 0.29) is 22.8 Å². The van der Waals surface area contributed by atoms with Gasteiger partial charge in [-0.05, 0) is 69.0 Å². The van der Waals surface area contributed by atoms with Crippen LogP contribution in [0, 0.1) is 40.4 Å². The lowest BCUT2D eigenvalue weighted by Crippen LogP contribution is -2.09. The molecule has 0 spiro atoms. The first kappa shape index (κ1) is 17.8. The molecular weight excluding hydrogens is 335 g/mol. The highest BCUT2D eigenvalue weighted by molar-refractivity contribution is 5.94. The van der Waals surface area contributed by atoms with Crippen molar-refractivity contribution in [2.24, 2.45) is 0 Å². The van der Waals surface area contributed by atoms with Gasteiger partial charge in [0.1, 0.15) is 5.82 Å². The molecule has 0 radical (unpaired) electrons. The summed E-state index contributed by atoms with van der Waals surface area (Å²) in [7, 11) is 0. The van der Waals surface area contributed by atoms with E-state index in [0.717, 1.165) is 16.7 Å². The molecule has 0 amide bonds. The minimum atomic E-state index is -1.00. The number of hydrogen-bond donors (Lipinski definition) is 1. The number of hydrogen-bond acceptors (Lipinski definition) is 4. The number of aromatic carboxylic acids is 1. The van der Waals surface area contributed by atoms with E-state index in [1.165, 1.54) is 6.07 Å². The van der Waals surface area contributed by atoms with Crippen molar-refractivity contribution >= 4 is 5.97 Å². The van der Waals surface area contributed by atoms with E-state index in [4.69, 9.17) is 4.52 Å². The summed E-state index contributed by atoms with van der Waals surface area (Å²) in [6, 6.07) is 4.64. The molecule has 0 bridgehead atoms. The zero-order chi connectivity index (χ0) is 19.2. The number of aryl methyl sites for hydroxylation is 1. The Morgan fingerprint density at radius 3 is 2.38 bits per heavy atom. The molecule has 3 aromatic rings. The van der Waals surface area contributed by atoms with Crippen LogP contribution in [0.3, 0.4) is 0 Å². The topological polar surface area (TPSA) is 76.2 Å². The highest BCUT2D eigenvalue weighted by Crippen LogP contribution is 2.34. The van der Waals surface area contributed by atoms with Crippen molar-refractivity contribution in [1.29, 1.82) is 0 Å². The second kappa shape index (κ2) is 6.37. The van der Waals surface area contributed by atoms with Gasteiger partial charge in [0.25, 0.3) is 5.89 Å². The van der Waals surface area contributed by atoms with Gasteiger partial charge in [-0.3, -0.25) is 0 Å². The monoisotopic (exact) mass is 354 g/mol. The van der Waals surface area contributed by atoms with Gasteiger partial charge in [0.15, 0.2) is 0 Å². The van der Waals surface area contributed by atoms with Crippen LogP contribution in [0.15, 0.2) is 22.7 Å². The maximum atomic E-state index is 14.1. The van der Waals surface area contributed by atoms with Crippen molar-refractivity contribution in [3.63, 3.8) is 0 Å². The maximum absolute atomic E-state index is 14.1. The summed E-state index contributed by atoms with van der Waals surface area (Å²) in [4.78, 5) is 16.0. The molecule has 134 valence electrons. The SMILES string of the molecule is Cc1ccc(F)c(-c2nc(-c3c(C)c(C)c(C)c(C(=O)O)c3C)no2)c1. The molecule has 1 N–H and O–H groups in total. The number of carboxylic acid groups (broad SMARTS) is 1. The summed E-state index contributed by atoms with van der Waals surface area (Å²) in [5.41, 5.74) is 4.94. The number of carbonyl (C=O) groups is 1. The molecule has 3 rings (SSSR count). The number of aromatic nitrogens is 2. The van der Waals surface area contributed by atoms with Crippen LogP contribution in [-0.4, -0.2) is 21.2 Å². The first-order valence-corrected chi connectivity index (χ1v) is 8.16. The van der Waals surface area contributed by atoms with Gasteiger partial charge >= 0.3 is 5.97 Å². The Balaban J connectivity index is 2.22. The zero-order valence-corrected chi connectivity index (χ0v) is 15.3. The molecule has 0 unspecified atom stereocenters. The molecule has 26 heavy (non-hydrogen) atoms. The minimum Gasteiger partial charge on any atom is -0.478 e. The van der Waals surface area contributed by atoms with E-state index in [1.807, 2.05) is 20.8 Å². The molecule has 0 aliphatic heterocycles. The lowest BCUT2D eigenvalue weighted by molar-refractivity contribution is 0.0695. The second-order valence-corrected chi connectivity index (χ2v) is 6.46. The molecular formula is C20H19FN2O3. The Hall–Kier alpha value is -3.02. The van der Waals surface area contributed by atoms with Crippen LogP contribution in [0.2, 0.25) is 0 Å². The van der Waals surface area contributed by atoms with Crippen LogP contribution in [0.4, 0.5) is 4.39 Å². The fourth-order valence-corrected chi connectivity index (χ4v) is 3.24. The number of carboxylic acids is 1. The van der Waals surface area contributed by atoms with Gasteiger partial charge in [-0.1, -0.05) is 16.8 Å². The average molecular weight is 354 g/mol. The molecule has 0 saturated carbocycles. The van der Waals surface area contributed by atoms with E-state index in [1.54, 1.807) is 26.0 Å². The summed E-state index contributed by atoms with van der Waals surface area (Å²) in [6.45, 7) is 9.10. The van der Waals surface area contributed by atoms with Gasteiger partial charge in [-0.15, -0.1) is 0 Å². The molecule has 1 heterocycles. The molecule has 6 heteroatoms. The first-order chi connectivity index (χ1) is 12.2. The highest BCUT2D eigenvalue weighted by Gasteiger charge is 2.24. The van der Waals surface area contributed by atoms with Crippen LogP contribution in [0.1, 0.15) is 38.2 Å². The molecule has 2 aromatic carbocycles. The fourth-order valence-electron chi connectivity index (χ4n) is 3.24. The van der Waals surface area contributed by atoms with E-state index >= 15 is 0 Å². The Bertz CT molecular complexity index is 1040. The lowest BCUT2D eigenvalue weighted by Gasteiger charge is -2.16. The van der Waals surface area contributed by atoms with Gasteiger partial charge in [-0.25, -0.2) is 9.18 Å². The van der Waals surface area contributed by atoms with Crippen LogP contribution in [-0.2, 0) is 0 Å². The van der Waals surface area contributed by atoms with Gasteiger partial charge in [0.05, 0.1) is 11.1 Å². The largest absolute Gasteiger partial charge is 0.478 e. The fraction of sp³-hybridized carbons (Fsp3) is 0.250. The summed E-state index contributed by atoms with van der Waals surface area (Å²) < 4.78 is 19.4. The first-order valence-electron chi connectivity index (χ1n) is 8.16. The highest BCUT2D eigenvalue weighted by atomic mass is 19.1. The van der Waals surface area contributed by atoms with E-state index in [0.29, 0.717) is 16.7 Å². The third kappa shape index (κ3) is 2.77. The quantitative estimate of drug-likeness (QED) is 0.732. The van der Waals surface area contributed by atoms with E-state index < -0.39 is 11.8 Å². The third-order valence-corrected chi connectivity index (χ3v) is 4.84. The van der Waals surface area contributed by atoms with Crippen LogP contribution in [0.5, 0.6) is 0 Å². The smallest absolute Gasteiger partial charge is 0.336 e. The van der Waals surface area contributed by atoms with Crippen molar-refractivity contribution in [2.45, 2.75) is 34.6 Å². The molecule has 0 atom stereocenters. The molecule has 1 aromatic heterocycles. The van der Waals surface area contributed by atoms with Crippen LogP contribution in [0.25, 0.3) is 22.8 Å². The van der Waals surface area contributed by atoms with Crippen LogP contribution < -0.4 is 0 Å². The number of halogens is 1. The van der Waals surface area contributed by atoms with Gasteiger partial charge in [0, 0.05) is 5.56 Å². The Labute approximate surface area is 150 Å². The summed E-state index contributed by atoms with van der Waals surface area (Å²) in [5, 5.41) is 13.6. The Morgan fingerprint density at radius 1 is 1.04 bits per heavy atom. The number of benzene rings is 2. The van der Waals surface area contributed by atoms with Gasteiger partial charge < -0.3 is 9.63 Å². The zero-order valence-electron chi connectivity index (χ0n) is 15.3. The number of nitrogens with zero attached hydrogens (tertiary/aromatic N) is 2. The average Bonchev–Trinajstić information content (AvgIpc) is 3.04. The van der Waals surface area contributed by atoms with Crippen LogP contribution >= 0.6 is 0 Å². The Kier molecular flexibility index (Phi) is 4.36. The van der Waals surface area contributed by atoms with Crippen molar-refractivity contribution in [2.75, 3.05) is 0 Å². The summed E-state index contributed by atoms with van der Waals surface area (Å²) >= 11 is 0. The van der Waals surface area contributed by atoms with E-state index in [9.17, 15) is 14.3 Å².